The number of nitrogens with one attached hydrogen (secondary N) is 2. The molecule has 0 amide bonds. The second kappa shape index (κ2) is 5.58. The minimum atomic E-state index is -1.50. The number of methoxy groups -OCH3 is 2. The van der Waals surface area contributed by atoms with Gasteiger partial charge >= 0.3 is 0 Å². The minimum absolute atomic E-state index is 0.0121. The Morgan fingerprint density at radius 1 is 0.793 bits per heavy atom. The molecule has 0 aromatic rings. The summed E-state index contributed by atoms with van der Waals surface area (Å²) in [5.74, 6) is -3.27. The predicted octanol–water partition coefficient (Wildman–Crippen LogP) is 0.797. The van der Waals surface area contributed by atoms with Crippen molar-refractivity contribution in [2.75, 3.05) is 14.2 Å². The number of hydrogen-bond acceptors (Lipinski definition) is 6. The summed E-state index contributed by atoms with van der Waals surface area (Å²) in [5, 5.41) is 8.90. The van der Waals surface area contributed by atoms with Gasteiger partial charge in [-0.1, -0.05) is 0 Å². The Hall–Kier alpha value is -0.200. The number of thiocarbonyl (C=S) groups is 2. The molecule has 8 unspecified atom stereocenters. The molecule has 158 valence electrons. The van der Waals surface area contributed by atoms with Gasteiger partial charge < -0.3 is 20.9 Å². The van der Waals surface area contributed by atoms with Gasteiger partial charge in [0.1, 0.15) is 19.5 Å². The van der Waals surface area contributed by atoms with E-state index in [2.05, 4.69) is 21.1 Å². The number of nitrogens with zero attached hydrogens (tertiary/aromatic N) is 2. The van der Waals surface area contributed by atoms with Crippen LogP contribution < -0.4 is 22.3 Å². The van der Waals surface area contributed by atoms with Crippen molar-refractivity contribution in [3.63, 3.8) is 0 Å². The Kier molecular flexibility index (Phi) is 3.98. The molecule has 0 radical (unpaired) electrons. The van der Waals surface area contributed by atoms with Gasteiger partial charge in [0.05, 0.1) is 0 Å². The molecule has 5 aliphatic carbocycles. The Balaban J connectivity index is 1.81. The monoisotopic (exact) mass is 516 g/mol. The highest BCUT2D eigenvalue weighted by molar-refractivity contribution is 7.80. The number of ether oxygens (including phenoxy) is 2. The van der Waals surface area contributed by atoms with Crippen molar-refractivity contribution in [3.05, 3.63) is 0 Å². The number of fused-ring (bicyclic) bond motifs is 2. The van der Waals surface area contributed by atoms with E-state index in [0.29, 0.717) is 11.4 Å². The second-order valence-electron chi connectivity index (χ2n) is 7.81. The molecule has 0 spiro atoms. The van der Waals surface area contributed by atoms with Crippen molar-refractivity contribution in [2.24, 2.45) is 45.3 Å². The molecule has 0 saturated heterocycles. The molecule has 5 aliphatic rings. The van der Waals surface area contributed by atoms with Gasteiger partial charge in [-0.2, -0.15) is 10.2 Å². The normalized spacial score (nSPS) is 54.3. The fourth-order valence-corrected chi connectivity index (χ4v) is 10.3. The van der Waals surface area contributed by atoms with Crippen LogP contribution in [0, 0.1) is 23.7 Å². The lowest BCUT2D eigenvalue weighted by molar-refractivity contribution is -0.223. The number of nitrogens with two attached hydrogens (primary N) is 2. The van der Waals surface area contributed by atoms with E-state index in [-0.39, 0.29) is 22.1 Å². The molecule has 14 heteroatoms. The van der Waals surface area contributed by atoms with Crippen LogP contribution in [0.5, 0.6) is 0 Å². The van der Waals surface area contributed by atoms with E-state index in [1.807, 2.05) is 0 Å². The SMILES string of the molecule is COC1(OC)C2(Cl)C3/C(=N\NC(N)=S)C4C5/C(=N/NC(N)=S)C3C1(Cl)C5(Cl)C42Cl. The van der Waals surface area contributed by atoms with Gasteiger partial charge in [0, 0.05) is 49.3 Å². The average molecular weight is 518 g/mol. The summed E-state index contributed by atoms with van der Waals surface area (Å²) >= 11 is 39.0. The summed E-state index contributed by atoms with van der Waals surface area (Å²) in [7, 11) is 2.94. The van der Waals surface area contributed by atoms with Crippen LogP contribution in [-0.4, -0.2) is 61.2 Å². The maximum atomic E-state index is 7.34. The van der Waals surface area contributed by atoms with Crippen molar-refractivity contribution in [2.45, 2.75) is 25.3 Å². The van der Waals surface area contributed by atoms with Crippen LogP contribution in [0.2, 0.25) is 0 Å². The number of alkyl halides is 4. The first kappa shape index (κ1) is 20.7. The summed E-state index contributed by atoms with van der Waals surface area (Å²) in [6.45, 7) is 0. The van der Waals surface area contributed by atoms with E-state index < -0.39 is 37.1 Å². The van der Waals surface area contributed by atoms with Crippen molar-refractivity contribution < 1.29 is 9.47 Å². The molecule has 0 heterocycles. The molecule has 5 fully saturated rings. The standard InChI is InChI=1S/C15H16Cl4N6O2S2/c1-26-15(27-2)13(18)5-6-8(23-25-10(21)29)4-3(7(5)22-24-9(20)28)11(13,16)12(4,17)14(6,15)19/h3-6H,1-2H3,(H3,20,24,28)(H3,21,25,29)/b22-7-,23-8-. The van der Waals surface area contributed by atoms with E-state index >= 15 is 0 Å². The number of hydrogen-bond donors (Lipinski definition) is 4. The lowest BCUT2D eigenvalue weighted by Gasteiger charge is -2.58. The van der Waals surface area contributed by atoms with Crippen molar-refractivity contribution in [3.8, 4) is 0 Å². The van der Waals surface area contributed by atoms with Crippen LogP contribution in [0.3, 0.4) is 0 Å². The lowest BCUT2D eigenvalue weighted by Crippen LogP contribution is -2.73. The maximum Gasteiger partial charge on any atom is 0.211 e. The molecule has 0 aromatic carbocycles. The Labute approximate surface area is 196 Å². The van der Waals surface area contributed by atoms with E-state index in [9.17, 15) is 0 Å². The van der Waals surface area contributed by atoms with E-state index in [1.165, 1.54) is 14.2 Å². The molecule has 2 bridgehead atoms. The molecule has 5 rings (SSSR count). The van der Waals surface area contributed by atoms with Crippen LogP contribution in [-0.2, 0) is 9.47 Å². The third-order valence-corrected chi connectivity index (χ3v) is 11.1. The van der Waals surface area contributed by atoms with Crippen LogP contribution in [0.15, 0.2) is 10.2 Å². The topological polar surface area (TPSA) is 119 Å². The molecule has 5 saturated carbocycles. The van der Waals surface area contributed by atoms with E-state index in [0.717, 1.165) is 0 Å². The van der Waals surface area contributed by atoms with Gasteiger partial charge in [-0.15, -0.1) is 46.4 Å². The molecule has 8 atom stereocenters. The number of hydrazone groups is 2. The molecular weight excluding hydrogens is 502 g/mol. The molecule has 29 heavy (non-hydrogen) atoms. The van der Waals surface area contributed by atoms with Gasteiger partial charge in [0.2, 0.25) is 5.79 Å². The molecule has 0 aromatic heterocycles. The zero-order valence-electron chi connectivity index (χ0n) is 15.0. The summed E-state index contributed by atoms with van der Waals surface area (Å²) in [4.78, 5) is -5.06. The summed E-state index contributed by atoms with van der Waals surface area (Å²) in [6, 6.07) is 0. The first-order chi connectivity index (χ1) is 13.5. The Morgan fingerprint density at radius 3 is 1.38 bits per heavy atom. The molecular formula is C15H16Cl4N6O2S2. The largest absolute Gasteiger partial charge is 0.375 e. The van der Waals surface area contributed by atoms with E-state index in [4.69, 9.17) is 91.8 Å². The van der Waals surface area contributed by atoms with Crippen molar-refractivity contribution in [1.29, 1.82) is 0 Å². The smallest absolute Gasteiger partial charge is 0.211 e. The zero-order valence-corrected chi connectivity index (χ0v) is 19.7. The van der Waals surface area contributed by atoms with E-state index in [1.54, 1.807) is 0 Å². The Bertz CT molecular complexity index is 878. The fourth-order valence-electron chi connectivity index (χ4n) is 6.94. The van der Waals surface area contributed by atoms with Crippen molar-refractivity contribution >= 4 is 92.5 Å². The summed E-state index contributed by atoms with van der Waals surface area (Å²) in [5.41, 5.74) is 17.8. The van der Waals surface area contributed by atoms with Gasteiger partial charge in [0.15, 0.2) is 10.2 Å². The maximum absolute atomic E-state index is 7.34. The molecule has 0 aliphatic heterocycles. The second-order valence-corrected chi connectivity index (χ2v) is 11.1. The Morgan fingerprint density at radius 2 is 1.10 bits per heavy atom. The third kappa shape index (κ3) is 1.56. The van der Waals surface area contributed by atoms with Gasteiger partial charge in [0.25, 0.3) is 0 Å². The van der Waals surface area contributed by atoms with Gasteiger partial charge in [-0.25, -0.2) is 0 Å². The quantitative estimate of drug-likeness (QED) is 0.187. The highest BCUT2D eigenvalue weighted by Gasteiger charge is 3.11. The minimum Gasteiger partial charge on any atom is -0.375 e. The van der Waals surface area contributed by atoms with Crippen LogP contribution in [0.1, 0.15) is 0 Å². The van der Waals surface area contributed by atoms with Gasteiger partial charge in [-0.05, 0) is 24.4 Å². The summed E-state index contributed by atoms with van der Waals surface area (Å²) in [6.07, 6.45) is 0. The molecule has 8 nitrogen and oxygen atoms in total. The van der Waals surface area contributed by atoms with Crippen LogP contribution in [0.25, 0.3) is 0 Å². The van der Waals surface area contributed by atoms with Gasteiger partial charge in [-0.3, -0.25) is 10.9 Å². The highest BCUT2D eigenvalue weighted by atomic mass is 35.5. The number of halogens is 4. The number of rotatable bonds is 4. The van der Waals surface area contributed by atoms with Crippen LogP contribution in [0.4, 0.5) is 0 Å². The van der Waals surface area contributed by atoms with Crippen LogP contribution >= 0.6 is 70.8 Å². The summed E-state index contributed by atoms with van der Waals surface area (Å²) < 4.78 is 11.8. The zero-order chi connectivity index (χ0) is 21.4. The first-order valence-corrected chi connectivity index (χ1v) is 10.9. The average Bonchev–Trinajstić information content (AvgIpc) is 2.96. The highest BCUT2D eigenvalue weighted by Crippen LogP contribution is 2.95. The third-order valence-electron chi connectivity index (χ3n) is 7.37. The van der Waals surface area contributed by atoms with Crippen molar-refractivity contribution in [1.82, 2.24) is 10.9 Å². The first-order valence-electron chi connectivity index (χ1n) is 8.59. The lowest BCUT2D eigenvalue weighted by atomic mass is 9.57. The fraction of sp³-hybridized carbons (Fsp3) is 0.733. The molecule has 6 N–H and O–H groups in total. The predicted molar refractivity (Wildman–Crippen MR) is 120 cm³/mol.